The Labute approximate surface area is 181 Å². The SMILES string of the molecule is COc1ccc(-c2c3c(=O)n(C)c(=O)n(C)c3c3n2C(C)(C)CO[C@@H]3CC(C)C)cc1. The summed E-state index contributed by atoms with van der Waals surface area (Å²) in [5.41, 5.74) is 2.29. The number of nitrogens with zero attached hydrogens (tertiary/aromatic N) is 3. The van der Waals surface area contributed by atoms with Crippen LogP contribution in [0.25, 0.3) is 22.2 Å². The first-order chi connectivity index (χ1) is 14.6. The van der Waals surface area contributed by atoms with Crippen LogP contribution in [0.2, 0.25) is 0 Å². The molecule has 3 aromatic rings. The van der Waals surface area contributed by atoms with E-state index >= 15 is 0 Å². The van der Waals surface area contributed by atoms with E-state index in [4.69, 9.17) is 9.47 Å². The van der Waals surface area contributed by atoms with Crippen LogP contribution in [-0.4, -0.2) is 27.4 Å². The van der Waals surface area contributed by atoms with Crippen LogP contribution in [0.3, 0.4) is 0 Å². The maximum absolute atomic E-state index is 13.4. The van der Waals surface area contributed by atoms with Gasteiger partial charge in [0, 0.05) is 14.1 Å². The number of benzene rings is 1. The van der Waals surface area contributed by atoms with Crippen molar-refractivity contribution in [1.82, 2.24) is 13.7 Å². The lowest BCUT2D eigenvalue weighted by atomic mass is 9.97. The Balaban J connectivity index is 2.21. The molecule has 7 heteroatoms. The first-order valence-electron chi connectivity index (χ1n) is 10.7. The molecule has 0 spiro atoms. The van der Waals surface area contributed by atoms with Crippen LogP contribution in [0.5, 0.6) is 5.75 Å². The maximum atomic E-state index is 13.4. The van der Waals surface area contributed by atoms with Crippen LogP contribution in [0.15, 0.2) is 33.9 Å². The summed E-state index contributed by atoms with van der Waals surface area (Å²) in [6.45, 7) is 9.05. The van der Waals surface area contributed by atoms with E-state index in [1.54, 1.807) is 18.7 Å². The fraction of sp³-hybridized carbons (Fsp3) is 0.500. The lowest BCUT2D eigenvalue weighted by Crippen LogP contribution is -2.40. The van der Waals surface area contributed by atoms with Gasteiger partial charge in [-0.15, -0.1) is 0 Å². The molecule has 0 amide bonds. The molecule has 0 saturated carbocycles. The van der Waals surface area contributed by atoms with Crippen molar-refractivity contribution in [3.05, 3.63) is 50.8 Å². The van der Waals surface area contributed by atoms with Crippen molar-refractivity contribution < 1.29 is 9.47 Å². The van der Waals surface area contributed by atoms with Gasteiger partial charge in [-0.2, -0.15) is 0 Å². The minimum atomic E-state index is -0.391. The number of fused-ring (bicyclic) bond motifs is 3. The third-order valence-corrected chi connectivity index (χ3v) is 6.21. The normalized spacial score (nSPS) is 17.9. The molecule has 31 heavy (non-hydrogen) atoms. The molecule has 1 aliphatic heterocycles. The average Bonchev–Trinajstić information content (AvgIpc) is 3.10. The van der Waals surface area contributed by atoms with Gasteiger partial charge >= 0.3 is 5.69 Å². The highest BCUT2D eigenvalue weighted by Gasteiger charge is 2.40. The lowest BCUT2D eigenvalue weighted by Gasteiger charge is -2.39. The van der Waals surface area contributed by atoms with Crippen LogP contribution in [-0.2, 0) is 24.4 Å². The van der Waals surface area contributed by atoms with Crippen LogP contribution >= 0.6 is 0 Å². The lowest BCUT2D eigenvalue weighted by molar-refractivity contribution is -0.0367. The van der Waals surface area contributed by atoms with E-state index < -0.39 is 5.54 Å². The highest BCUT2D eigenvalue weighted by Crippen LogP contribution is 2.45. The predicted molar refractivity (Wildman–Crippen MR) is 122 cm³/mol. The van der Waals surface area contributed by atoms with Gasteiger partial charge in [0.15, 0.2) is 0 Å². The third kappa shape index (κ3) is 3.22. The van der Waals surface area contributed by atoms with Gasteiger partial charge in [-0.1, -0.05) is 13.8 Å². The molecule has 0 aliphatic carbocycles. The van der Waals surface area contributed by atoms with Crippen molar-refractivity contribution in [3.8, 4) is 17.0 Å². The Morgan fingerprint density at radius 3 is 2.35 bits per heavy atom. The van der Waals surface area contributed by atoms with Gasteiger partial charge in [0.2, 0.25) is 0 Å². The number of aryl methyl sites for hydroxylation is 1. The van der Waals surface area contributed by atoms with Crippen molar-refractivity contribution >= 4 is 10.9 Å². The van der Waals surface area contributed by atoms with Gasteiger partial charge in [0.05, 0.1) is 47.7 Å². The zero-order chi connectivity index (χ0) is 22.7. The van der Waals surface area contributed by atoms with E-state index in [1.165, 1.54) is 11.6 Å². The molecule has 1 aliphatic rings. The Kier molecular flexibility index (Phi) is 5.12. The molecule has 4 rings (SSSR count). The molecule has 1 atom stereocenters. The van der Waals surface area contributed by atoms with E-state index in [1.807, 2.05) is 24.3 Å². The summed E-state index contributed by atoms with van der Waals surface area (Å²) >= 11 is 0. The van der Waals surface area contributed by atoms with Crippen molar-refractivity contribution in [2.24, 2.45) is 20.0 Å². The molecule has 1 aromatic carbocycles. The predicted octanol–water partition coefficient (Wildman–Crippen LogP) is 3.57. The van der Waals surface area contributed by atoms with Gasteiger partial charge in [-0.05, 0) is 56.0 Å². The summed E-state index contributed by atoms with van der Waals surface area (Å²) < 4.78 is 16.7. The zero-order valence-corrected chi connectivity index (χ0v) is 19.4. The average molecular weight is 426 g/mol. The zero-order valence-electron chi connectivity index (χ0n) is 19.4. The quantitative estimate of drug-likeness (QED) is 0.641. The van der Waals surface area contributed by atoms with E-state index in [-0.39, 0.29) is 17.4 Å². The first-order valence-corrected chi connectivity index (χ1v) is 10.7. The summed E-state index contributed by atoms with van der Waals surface area (Å²) in [6, 6.07) is 7.72. The molecule has 2 aromatic heterocycles. The second kappa shape index (κ2) is 7.41. The molecule has 0 saturated heterocycles. The monoisotopic (exact) mass is 425 g/mol. The van der Waals surface area contributed by atoms with E-state index in [9.17, 15) is 9.59 Å². The first kappa shape index (κ1) is 21.4. The second-order valence-electron chi connectivity index (χ2n) is 9.47. The van der Waals surface area contributed by atoms with Crippen molar-refractivity contribution in [3.63, 3.8) is 0 Å². The van der Waals surface area contributed by atoms with Crippen LogP contribution in [0.1, 0.15) is 45.9 Å². The fourth-order valence-corrected chi connectivity index (χ4v) is 4.70. The highest BCUT2D eigenvalue weighted by atomic mass is 16.5. The summed E-state index contributed by atoms with van der Waals surface area (Å²) in [5, 5.41) is 0.553. The molecule has 7 nitrogen and oxygen atoms in total. The molecular formula is C24H31N3O4. The molecule has 0 radical (unpaired) electrons. The highest BCUT2D eigenvalue weighted by molar-refractivity contribution is 5.96. The van der Waals surface area contributed by atoms with Gasteiger partial charge in [-0.3, -0.25) is 13.9 Å². The van der Waals surface area contributed by atoms with Gasteiger partial charge in [0.25, 0.3) is 5.56 Å². The van der Waals surface area contributed by atoms with Crippen LogP contribution in [0, 0.1) is 5.92 Å². The Hall–Kier alpha value is -2.80. The number of hydrogen-bond donors (Lipinski definition) is 0. The molecular weight excluding hydrogens is 394 g/mol. The molecule has 0 unspecified atom stereocenters. The number of methoxy groups -OCH3 is 1. The summed E-state index contributed by atoms with van der Waals surface area (Å²) in [7, 11) is 4.90. The topological polar surface area (TPSA) is 67.4 Å². The van der Waals surface area contributed by atoms with E-state index in [0.29, 0.717) is 23.4 Å². The van der Waals surface area contributed by atoms with E-state index in [0.717, 1.165) is 29.1 Å². The summed E-state index contributed by atoms with van der Waals surface area (Å²) in [5.74, 6) is 1.15. The number of hydrogen-bond acceptors (Lipinski definition) is 4. The summed E-state index contributed by atoms with van der Waals surface area (Å²) in [4.78, 5) is 26.3. The summed E-state index contributed by atoms with van der Waals surface area (Å²) in [6.07, 6.45) is 0.612. The number of ether oxygens (including phenoxy) is 2. The van der Waals surface area contributed by atoms with Gasteiger partial charge in [-0.25, -0.2) is 4.79 Å². The van der Waals surface area contributed by atoms with E-state index in [2.05, 4.69) is 32.3 Å². The van der Waals surface area contributed by atoms with Crippen molar-refractivity contribution in [2.75, 3.05) is 13.7 Å². The molecule has 166 valence electrons. The molecule has 0 bridgehead atoms. The minimum absolute atomic E-state index is 0.194. The van der Waals surface area contributed by atoms with Crippen molar-refractivity contribution in [1.29, 1.82) is 0 Å². The Bertz CT molecular complexity index is 1260. The smallest absolute Gasteiger partial charge is 0.331 e. The molecule has 0 fully saturated rings. The Morgan fingerprint density at radius 2 is 1.77 bits per heavy atom. The van der Waals surface area contributed by atoms with Gasteiger partial charge in [0.1, 0.15) is 5.75 Å². The molecule has 3 heterocycles. The standard InChI is InChI=1S/C24H31N3O4/c1-14(2)12-17-20-21-18(22(28)26(6)23(29)25(21)5)19(27(20)24(3,4)13-31-17)15-8-10-16(30-7)11-9-15/h8-11,14,17H,12-13H2,1-7H3/t17-/m1/s1. The number of rotatable bonds is 4. The van der Waals surface area contributed by atoms with Crippen LogP contribution in [0.4, 0.5) is 0 Å². The third-order valence-electron chi connectivity index (χ3n) is 6.21. The van der Waals surface area contributed by atoms with Gasteiger partial charge < -0.3 is 14.0 Å². The fourth-order valence-electron chi connectivity index (χ4n) is 4.70. The second-order valence-corrected chi connectivity index (χ2v) is 9.47. The van der Waals surface area contributed by atoms with Crippen LogP contribution < -0.4 is 16.0 Å². The minimum Gasteiger partial charge on any atom is -0.497 e. The maximum Gasteiger partial charge on any atom is 0.331 e. The largest absolute Gasteiger partial charge is 0.497 e. The Morgan fingerprint density at radius 1 is 1.13 bits per heavy atom. The molecule has 0 N–H and O–H groups in total. The number of aromatic nitrogens is 3. The van der Waals surface area contributed by atoms with Crippen molar-refractivity contribution in [2.45, 2.75) is 45.8 Å².